The summed E-state index contributed by atoms with van der Waals surface area (Å²) in [5.41, 5.74) is -1.42. The molecule has 0 unspecified atom stereocenters. The van der Waals surface area contributed by atoms with E-state index in [0.717, 1.165) is 55.9 Å². The van der Waals surface area contributed by atoms with Crippen LogP contribution in [0.1, 0.15) is 109 Å². The van der Waals surface area contributed by atoms with E-state index in [2.05, 4.69) is 15.4 Å². The van der Waals surface area contributed by atoms with Gasteiger partial charge in [-0.1, -0.05) is 10.3 Å². The second-order valence-electron chi connectivity index (χ2n) is 16.9. The van der Waals surface area contributed by atoms with E-state index in [1.54, 1.807) is 6.92 Å². The lowest BCUT2D eigenvalue weighted by molar-refractivity contribution is -0.385. The first-order valence-electron chi connectivity index (χ1n) is 21.2. The SMILES string of the molecule is CS(=O)(=O)c1cc(C(F)(F)F)ccc1C(=O)c1cnoc1C1CC1.CS(=O)(=O)c1ccc(C(=O)C2C(=O)CCCC2=O)c([N+](=O)[O-])c1.Cc1c(C(=O)c2c[nH]n(C)c2=O)ccc(S(C)(=O)=O)c1C1=NOCC1. The van der Waals surface area contributed by atoms with Gasteiger partial charge < -0.3 is 14.5 Å². The van der Waals surface area contributed by atoms with Crippen LogP contribution >= 0.6 is 0 Å². The van der Waals surface area contributed by atoms with Gasteiger partial charge in [-0.3, -0.25) is 43.6 Å². The van der Waals surface area contributed by atoms with Gasteiger partial charge in [-0.25, -0.2) is 25.3 Å². The van der Waals surface area contributed by atoms with Crippen LogP contribution in [-0.2, 0) is 57.2 Å². The average Bonchev–Trinajstić information content (AvgIpc) is 3.59. The van der Waals surface area contributed by atoms with Gasteiger partial charge in [0.2, 0.25) is 0 Å². The van der Waals surface area contributed by atoms with Crippen LogP contribution in [0.25, 0.3) is 0 Å². The molecule has 72 heavy (non-hydrogen) atoms. The fourth-order valence-corrected chi connectivity index (χ4v) is 10.2. The number of hydrogen-bond acceptors (Lipinski definition) is 18. The predicted octanol–water partition coefficient (Wildman–Crippen LogP) is 5.11. The summed E-state index contributed by atoms with van der Waals surface area (Å²) < 4.78 is 116. The van der Waals surface area contributed by atoms with Crippen LogP contribution < -0.4 is 5.56 Å². The lowest BCUT2D eigenvalue weighted by atomic mass is 9.81. The van der Waals surface area contributed by atoms with Crippen LogP contribution in [-0.4, -0.2) is 105 Å². The third-order valence-electron chi connectivity index (χ3n) is 11.5. The van der Waals surface area contributed by atoms with Gasteiger partial charge in [-0.15, -0.1) is 0 Å². The highest BCUT2D eigenvalue weighted by atomic mass is 32.2. The highest BCUT2D eigenvalue weighted by Crippen LogP contribution is 2.42. The Hall–Kier alpha value is -7.26. The lowest BCUT2D eigenvalue weighted by Gasteiger charge is -2.18. The Bertz CT molecular complexity index is 3520. The molecule has 3 aliphatic rings. The Morgan fingerprint density at radius 1 is 0.792 bits per heavy atom. The summed E-state index contributed by atoms with van der Waals surface area (Å²) in [6.45, 7) is 2.00. The van der Waals surface area contributed by atoms with Crippen LogP contribution in [0.2, 0.25) is 0 Å². The first-order valence-corrected chi connectivity index (χ1v) is 26.9. The van der Waals surface area contributed by atoms with Crippen molar-refractivity contribution in [1.82, 2.24) is 14.9 Å². The lowest BCUT2D eigenvalue weighted by Crippen LogP contribution is -2.35. The molecular weight excluding hydrogens is 1020 g/mol. The molecule has 2 fully saturated rings. The average molecular weight is 1060 g/mol. The number of aryl methyl sites for hydroxylation is 1. The first kappa shape index (κ1) is 54.1. The van der Waals surface area contributed by atoms with Crippen LogP contribution in [0.5, 0.6) is 0 Å². The number of halogens is 3. The Labute approximate surface area is 407 Å². The number of nitrogens with zero attached hydrogens (tertiary/aromatic N) is 4. The molecule has 21 nitrogen and oxygen atoms in total. The van der Waals surface area contributed by atoms with Gasteiger partial charge in [0.25, 0.3) is 11.2 Å². The fourth-order valence-electron chi connectivity index (χ4n) is 7.70. The standard InChI is InChI=1S/C16H17N3O5S.C15H12F3NO4S.C14H13NO7S/c1-9-10(15(20)11-8-17-19(2)16(11)21)4-5-13(25(3,22)23)14(9)12-6-7-24-18-12;1-24(21,22)12-6-9(15(16,17)18)4-5-10(12)13(20)11-7-19-23-14(11)8-2-3-8;1-23(21,22)8-5-6-9(10(7-8)15(19)20)14(18)13-11(16)3-2-4-12(13)17/h4-5,8,17H,6-7H2,1-3H3;4-8H,2-3H2,1H3;5-7,13H,2-4H2,1H3. The van der Waals surface area contributed by atoms with Crippen molar-refractivity contribution in [3.05, 3.63) is 132 Å². The molecule has 3 aromatic carbocycles. The molecular formula is C45H42F3N5O16S3. The molecule has 0 amide bonds. The Kier molecular flexibility index (Phi) is 15.4. The van der Waals surface area contributed by atoms with E-state index < -0.39 is 103 Å². The number of nitrogens with one attached hydrogen (secondary N) is 1. The summed E-state index contributed by atoms with van der Waals surface area (Å²) in [7, 11) is -9.75. The maximum absolute atomic E-state index is 12.8. The smallest absolute Gasteiger partial charge is 0.395 e. The second kappa shape index (κ2) is 20.5. The number of carbonyl (C=O) groups is 5. The molecule has 0 radical (unpaired) electrons. The third-order valence-corrected chi connectivity index (χ3v) is 14.9. The normalized spacial score (nSPS) is 15.4. The zero-order chi connectivity index (χ0) is 53.4. The number of aromatic nitrogens is 3. The number of ketones is 5. The summed E-state index contributed by atoms with van der Waals surface area (Å²) >= 11 is 0. The largest absolute Gasteiger partial charge is 0.416 e. The monoisotopic (exact) mass is 1060 g/mol. The van der Waals surface area contributed by atoms with Gasteiger partial charge in [0, 0.05) is 79.9 Å². The number of nitro benzene ring substituents is 1. The minimum absolute atomic E-state index is 0.00623. The zero-order valence-electron chi connectivity index (χ0n) is 38.6. The maximum Gasteiger partial charge on any atom is 0.416 e. The number of benzene rings is 3. The van der Waals surface area contributed by atoms with Gasteiger partial charge >= 0.3 is 6.18 Å². The summed E-state index contributed by atoms with van der Waals surface area (Å²) in [6, 6.07) is 7.65. The molecule has 2 aliphatic carbocycles. The van der Waals surface area contributed by atoms with Crippen molar-refractivity contribution in [3.63, 3.8) is 0 Å². The van der Waals surface area contributed by atoms with Gasteiger partial charge in [0.15, 0.2) is 64.2 Å². The number of hydrogen-bond donors (Lipinski definition) is 1. The number of carbonyl (C=O) groups excluding carboxylic acids is 5. The molecule has 2 aromatic heterocycles. The minimum atomic E-state index is -4.71. The van der Waals surface area contributed by atoms with Crippen LogP contribution in [0.15, 0.2) is 90.1 Å². The summed E-state index contributed by atoms with van der Waals surface area (Å²) in [4.78, 5) is 87.8. The molecule has 1 aliphatic heterocycles. The number of rotatable bonds is 12. The number of nitro groups is 1. The highest BCUT2D eigenvalue weighted by molar-refractivity contribution is 7.91. The highest BCUT2D eigenvalue weighted by Gasteiger charge is 2.40. The van der Waals surface area contributed by atoms with E-state index in [1.807, 2.05) is 0 Å². The molecule has 0 atom stereocenters. The molecule has 8 rings (SSSR count). The van der Waals surface area contributed by atoms with Crippen molar-refractivity contribution in [3.8, 4) is 0 Å². The number of aromatic amines is 1. The summed E-state index contributed by atoms with van der Waals surface area (Å²) in [5, 5.41) is 21.3. The van der Waals surface area contributed by atoms with Crippen molar-refractivity contribution in [1.29, 1.82) is 0 Å². The van der Waals surface area contributed by atoms with E-state index >= 15 is 0 Å². The van der Waals surface area contributed by atoms with Crippen molar-refractivity contribution < 1.29 is 76.7 Å². The van der Waals surface area contributed by atoms with E-state index in [1.165, 1.54) is 36.3 Å². The van der Waals surface area contributed by atoms with E-state index in [0.29, 0.717) is 54.2 Å². The topological polar surface area (TPSA) is 316 Å². The van der Waals surface area contributed by atoms with Crippen molar-refractivity contribution in [2.75, 3.05) is 25.4 Å². The van der Waals surface area contributed by atoms with Crippen molar-refractivity contribution in [2.24, 2.45) is 18.1 Å². The van der Waals surface area contributed by atoms with Gasteiger partial charge in [0.05, 0.1) is 48.2 Å². The Morgan fingerprint density at radius 3 is 1.90 bits per heavy atom. The van der Waals surface area contributed by atoms with E-state index in [4.69, 9.17) is 9.36 Å². The zero-order valence-corrected chi connectivity index (χ0v) is 41.0. The fraction of sp³-hybridized carbons (Fsp3) is 0.333. The number of H-pyrrole nitrogens is 1. The number of alkyl halides is 3. The van der Waals surface area contributed by atoms with E-state index in [-0.39, 0.29) is 50.8 Å². The minimum Gasteiger partial charge on any atom is -0.395 e. The molecule has 5 aromatic rings. The second-order valence-corrected chi connectivity index (χ2v) is 22.8. The van der Waals surface area contributed by atoms with Gasteiger partial charge in [0.1, 0.15) is 18.1 Å². The molecule has 3 heterocycles. The van der Waals surface area contributed by atoms with Crippen LogP contribution in [0.4, 0.5) is 18.9 Å². The predicted molar refractivity (Wildman–Crippen MR) is 245 cm³/mol. The van der Waals surface area contributed by atoms with Gasteiger partial charge in [-0.05, 0) is 74.2 Å². The molecule has 0 bridgehead atoms. The summed E-state index contributed by atoms with van der Waals surface area (Å²) in [5.74, 6) is -4.41. The van der Waals surface area contributed by atoms with Gasteiger partial charge in [-0.2, -0.15) is 13.2 Å². The third kappa shape index (κ3) is 11.7. The van der Waals surface area contributed by atoms with Crippen molar-refractivity contribution >= 4 is 69.8 Å². The number of sulfone groups is 3. The first-order chi connectivity index (χ1) is 33.4. The molecule has 382 valence electrons. The number of oxime groups is 1. The molecule has 2 saturated carbocycles. The molecule has 27 heteroatoms. The van der Waals surface area contributed by atoms with Crippen LogP contribution in [0.3, 0.4) is 0 Å². The maximum atomic E-state index is 12.8. The Balaban J connectivity index is 0.000000177. The molecule has 0 spiro atoms. The Morgan fingerprint density at radius 2 is 1.39 bits per heavy atom. The molecule has 1 N–H and O–H groups in total. The summed E-state index contributed by atoms with van der Waals surface area (Å²) in [6.07, 6.45) is 3.12. The van der Waals surface area contributed by atoms with Crippen LogP contribution in [0, 0.1) is 23.0 Å². The van der Waals surface area contributed by atoms with E-state index in [9.17, 15) is 77.3 Å². The van der Waals surface area contributed by atoms with Crippen molar-refractivity contribution in [2.45, 2.75) is 72.2 Å². The number of Topliss-reactive ketones (excluding diaryl/α,β-unsaturated/α-hetero) is 3. The molecule has 0 saturated heterocycles. The quantitative estimate of drug-likeness (QED) is 0.0734.